The lowest BCUT2D eigenvalue weighted by molar-refractivity contribution is -0.131. The summed E-state index contributed by atoms with van der Waals surface area (Å²) in [4.78, 5) is 11.0. The molecule has 0 fully saturated rings. The Morgan fingerprint density at radius 1 is 1.03 bits per heavy atom. The summed E-state index contributed by atoms with van der Waals surface area (Å²) in [5.41, 5.74) is 1.86. The smallest absolute Gasteiger partial charge is 0.308 e. The number of hydrogen-bond acceptors (Lipinski definition) is 6. The molecule has 3 aromatic rings. The molecule has 0 aromatic heterocycles. The fourth-order valence-electron chi connectivity index (χ4n) is 2.82. The van der Waals surface area contributed by atoms with E-state index in [4.69, 9.17) is 9.47 Å². The molecule has 1 atom stereocenters. The van der Waals surface area contributed by atoms with Gasteiger partial charge in [0.2, 0.25) is 0 Å². The number of carbonyl (C=O) groups is 1. The number of hydrogen-bond donors (Lipinski definition) is 3. The zero-order valence-corrected chi connectivity index (χ0v) is 16.4. The van der Waals surface area contributed by atoms with Crippen molar-refractivity contribution in [1.82, 2.24) is 0 Å². The normalized spacial score (nSPS) is 11.9. The standard InChI is InChI=1S/C24H22O6/c1-16(25)30-20-10-7-18(23(28)14-20)8-12-22(27)21-11-9-19(26)13-24(21)29-15-17-5-3-2-4-6-17/h2-14,22,26-28H,15H2,1H3. The van der Waals surface area contributed by atoms with Crippen LogP contribution in [0.3, 0.4) is 0 Å². The Morgan fingerprint density at radius 3 is 2.50 bits per heavy atom. The van der Waals surface area contributed by atoms with Gasteiger partial charge in [0.05, 0.1) is 0 Å². The van der Waals surface area contributed by atoms with Crippen LogP contribution in [-0.2, 0) is 11.4 Å². The van der Waals surface area contributed by atoms with Gasteiger partial charge >= 0.3 is 5.97 Å². The molecule has 6 heteroatoms. The number of aliphatic hydroxyl groups is 1. The summed E-state index contributed by atoms with van der Waals surface area (Å²) in [6.07, 6.45) is 2.00. The highest BCUT2D eigenvalue weighted by Gasteiger charge is 2.13. The third kappa shape index (κ3) is 5.62. The first-order valence-corrected chi connectivity index (χ1v) is 9.29. The van der Waals surface area contributed by atoms with E-state index >= 15 is 0 Å². The summed E-state index contributed by atoms with van der Waals surface area (Å²) >= 11 is 0. The molecule has 0 aliphatic carbocycles. The average molecular weight is 406 g/mol. The number of ether oxygens (including phenoxy) is 2. The van der Waals surface area contributed by atoms with Crippen LogP contribution in [0.25, 0.3) is 6.08 Å². The van der Waals surface area contributed by atoms with Crippen molar-refractivity contribution >= 4 is 12.0 Å². The summed E-state index contributed by atoms with van der Waals surface area (Å²) in [5, 5.41) is 30.5. The van der Waals surface area contributed by atoms with Crippen molar-refractivity contribution < 1.29 is 29.6 Å². The van der Waals surface area contributed by atoms with Gasteiger partial charge in [-0.05, 0) is 29.8 Å². The van der Waals surface area contributed by atoms with E-state index in [0.29, 0.717) is 16.9 Å². The van der Waals surface area contributed by atoms with Crippen molar-refractivity contribution in [2.75, 3.05) is 0 Å². The molecule has 3 N–H and O–H groups in total. The maximum Gasteiger partial charge on any atom is 0.308 e. The highest BCUT2D eigenvalue weighted by atomic mass is 16.5. The van der Waals surface area contributed by atoms with E-state index in [-0.39, 0.29) is 23.9 Å². The van der Waals surface area contributed by atoms with E-state index < -0.39 is 12.1 Å². The van der Waals surface area contributed by atoms with Gasteiger partial charge in [-0.15, -0.1) is 0 Å². The average Bonchev–Trinajstić information content (AvgIpc) is 2.72. The Balaban J connectivity index is 1.76. The Bertz CT molecular complexity index is 1040. The molecule has 1 unspecified atom stereocenters. The monoisotopic (exact) mass is 406 g/mol. The number of carbonyl (C=O) groups excluding carboxylic acids is 1. The van der Waals surface area contributed by atoms with Gasteiger partial charge in [-0.3, -0.25) is 4.79 Å². The molecule has 0 radical (unpaired) electrons. The van der Waals surface area contributed by atoms with Crippen LogP contribution >= 0.6 is 0 Å². The number of phenols is 2. The Hall–Kier alpha value is -3.77. The molecule has 0 aliphatic heterocycles. The van der Waals surface area contributed by atoms with Crippen molar-refractivity contribution in [3.05, 3.63) is 89.5 Å². The molecule has 3 aromatic carbocycles. The van der Waals surface area contributed by atoms with Crippen LogP contribution in [0.5, 0.6) is 23.0 Å². The molecule has 6 nitrogen and oxygen atoms in total. The number of esters is 1. The van der Waals surface area contributed by atoms with Crippen molar-refractivity contribution in [1.29, 1.82) is 0 Å². The van der Waals surface area contributed by atoms with Crippen LogP contribution in [0.15, 0.2) is 72.8 Å². The third-order valence-corrected chi connectivity index (χ3v) is 4.27. The number of benzene rings is 3. The van der Waals surface area contributed by atoms with Gasteiger partial charge in [0.15, 0.2) is 0 Å². The second-order valence-electron chi connectivity index (χ2n) is 6.61. The van der Waals surface area contributed by atoms with Crippen LogP contribution in [0, 0.1) is 0 Å². The highest BCUT2D eigenvalue weighted by Crippen LogP contribution is 2.32. The number of rotatable bonds is 7. The zero-order valence-electron chi connectivity index (χ0n) is 16.4. The predicted octanol–water partition coefficient (Wildman–Crippen LogP) is 4.35. The molecule has 0 saturated heterocycles. The van der Waals surface area contributed by atoms with Gasteiger partial charge in [-0.1, -0.05) is 42.5 Å². The largest absolute Gasteiger partial charge is 0.508 e. The van der Waals surface area contributed by atoms with Crippen LogP contribution in [0.2, 0.25) is 0 Å². The molecule has 0 bridgehead atoms. The summed E-state index contributed by atoms with van der Waals surface area (Å²) in [7, 11) is 0. The number of aliphatic hydroxyl groups excluding tert-OH is 1. The Labute approximate surface area is 174 Å². The van der Waals surface area contributed by atoms with Crippen LogP contribution in [0.1, 0.15) is 29.7 Å². The van der Waals surface area contributed by atoms with Gasteiger partial charge < -0.3 is 24.8 Å². The number of phenolic OH excluding ortho intramolecular Hbond substituents is 2. The van der Waals surface area contributed by atoms with Crippen LogP contribution in [-0.4, -0.2) is 21.3 Å². The first kappa shape index (κ1) is 21.0. The lowest BCUT2D eigenvalue weighted by Crippen LogP contribution is -2.02. The summed E-state index contributed by atoms with van der Waals surface area (Å²) in [6.45, 7) is 1.56. The van der Waals surface area contributed by atoms with Gasteiger partial charge in [0, 0.05) is 30.2 Å². The van der Waals surface area contributed by atoms with Crippen molar-refractivity contribution in [3.8, 4) is 23.0 Å². The Morgan fingerprint density at radius 2 is 1.80 bits per heavy atom. The molecule has 0 aliphatic rings. The molecule has 154 valence electrons. The minimum atomic E-state index is -1.04. The maximum absolute atomic E-state index is 11.0. The zero-order chi connectivity index (χ0) is 21.5. The lowest BCUT2D eigenvalue weighted by atomic mass is 10.1. The maximum atomic E-state index is 11.0. The first-order chi connectivity index (χ1) is 14.4. The van der Waals surface area contributed by atoms with E-state index in [1.54, 1.807) is 24.3 Å². The van der Waals surface area contributed by atoms with Crippen molar-refractivity contribution in [2.45, 2.75) is 19.6 Å². The fraction of sp³-hybridized carbons (Fsp3) is 0.125. The van der Waals surface area contributed by atoms with Crippen molar-refractivity contribution in [2.24, 2.45) is 0 Å². The summed E-state index contributed by atoms with van der Waals surface area (Å²) in [5.74, 6) is 0.0295. The van der Waals surface area contributed by atoms with E-state index in [1.807, 2.05) is 30.3 Å². The predicted molar refractivity (Wildman–Crippen MR) is 112 cm³/mol. The van der Waals surface area contributed by atoms with E-state index in [9.17, 15) is 20.1 Å². The van der Waals surface area contributed by atoms with Crippen LogP contribution < -0.4 is 9.47 Å². The topological polar surface area (TPSA) is 96.2 Å². The second-order valence-corrected chi connectivity index (χ2v) is 6.61. The molecule has 0 amide bonds. The molecule has 0 heterocycles. The second kappa shape index (κ2) is 9.62. The minimum Gasteiger partial charge on any atom is -0.508 e. The molecule has 30 heavy (non-hydrogen) atoms. The van der Waals surface area contributed by atoms with Gasteiger partial charge in [0.1, 0.15) is 35.7 Å². The SMILES string of the molecule is CC(=O)Oc1ccc(C=CC(O)c2ccc(O)cc2OCc2ccccc2)c(O)c1. The van der Waals surface area contributed by atoms with Crippen molar-refractivity contribution in [3.63, 3.8) is 0 Å². The minimum absolute atomic E-state index is 0.0247. The Kier molecular flexibility index (Phi) is 6.72. The van der Waals surface area contributed by atoms with E-state index in [1.165, 1.54) is 31.2 Å². The highest BCUT2D eigenvalue weighted by molar-refractivity contribution is 5.70. The van der Waals surface area contributed by atoms with Crippen LogP contribution in [0.4, 0.5) is 0 Å². The summed E-state index contributed by atoms with van der Waals surface area (Å²) < 4.78 is 10.7. The van der Waals surface area contributed by atoms with Gasteiger partial charge in [-0.2, -0.15) is 0 Å². The first-order valence-electron chi connectivity index (χ1n) is 9.29. The summed E-state index contributed by atoms with van der Waals surface area (Å²) in [6, 6.07) is 18.5. The molecule has 0 spiro atoms. The quantitative estimate of drug-likeness (QED) is 0.399. The lowest BCUT2D eigenvalue weighted by Gasteiger charge is -2.15. The molecular formula is C24H22O6. The van der Waals surface area contributed by atoms with Gasteiger partial charge in [0.25, 0.3) is 0 Å². The fourth-order valence-corrected chi connectivity index (χ4v) is 2.82. The van der Waals surface area contributed by atoms with Gasteiger partial charge in [-0.25, -0.2) is 0 Å². The molecular weight excluding hydrogens is 384 g/mol. The molecule has 3 rings (SSSR count). The number of aromatic hydroxyl groups is 2. The van der Waals surface area contributed by atoms with E-state index in [0.717, 1.165) is 5.56 Å². The molecule has 0 saturated carbocycles. The van der Waals surface area contributed by atoms with E-state index in [2.05, 4.69) is 0 Å². The third-order valence-electron chi connectivity index (χ3n) is 4.27.